The summed E-state index contributed by atoms with van der Waals surface area (Å²) in [6, 6.07) is 11.0. The van der Waals surface area contributed by atoms with Gasteiger partial charge in [-0.2, -0.15) is 0 Å². The molecule has 0 aliphatic heterocycles. The largest absolute Gasteiger partial charge is 0.462 e. The van der Waals surface area contributed by atoms with Crippen LogP contribution in [0.2, 0.25) is 0 Å². The predicted octanol–water partition coefficient (Wildman–Crippen LogP) is 4.14. The molecule has 1 aromatic carbocycles. The van der Waals surface area contributed by atoms with Gasteiger partial charge >= 0.3 is 5.97 Å². The molecule has 25 heavy (non-hydrogen) atoms. The van der Waals surface area contributed by atoms with Crippen LogP contribution in [0.4, 0.5) is 5.00 Å². The minimum absolute atomic E-state index is 0.0852. The van der Waals surface area contributed by atoms with E-state index in [4.69, 9.17) is 9.26 Å². The molecule has 0 spiro atoms. The second-order valence-corrected chi connectivity index (χ2v) is 6.11. The molecule has 3 rings (SSSR count). The van der Waals surface area contributed by atoms with Gasteiger partial charge in [0.2, 0.25) is 5.76 Å². The van der Waals surface area contributed by atoms with Crippen molar-refractivity contribution in [2.24, 2.45) is 0 Å². The third kappa shape index (κ3) is 3.61. The molecule has 0 atom stereocenters. The van der Waals surface area contributed by atoms with Crippen molar-refractivity contribution in [3.05, 3.63) is 58.8 Å². The molecule has 2 aromatic heterocycles. The summed E-state index contributed by atoms with van der Waals surface area (Å²) in [6.45, 7) is 3.71. The lowest BCUT2D eigenvalue weighted by Crippen LogP contribution is -2.14. The number of anilines is 1. The van der Waals surface area contributed by atoms with E-state index in [1.807, 2.05) is 35.7 Å². The fourth-order valence-electron chi connectivity index (χ4n) is 2.32. The van der Waals surface area contributed by atoms with E-state index in [0.717, 1.165) is 5.56 Å². The average Bonchev–Trinajstić information content (AvgIpc) is 3.22. The molecule has 1 amide bonds. The first-order valence-electron chi connectivity index (χ1n) is 7.68. The van der Waals surface area contributed by atoms with Crippen LogP contribution in [0, 0.1) is 6.92 Å². The quantitative estimate of drug-likeness (QED) is 0.695. The van der Waals surface area contributed by atoms with Crippen LogP contribution in [0.25, 0.3) is 11.1 Å². The van der Waals surface area contributed by atoms with Crippen LogP contribution < -0.4 is 5.32 Å². The molecule has 0 aliphatic rings. The summed E-state index contributed by atoms with van der Waals surface area (Å²) >= 11 is 1.26. The highest BCUT2D eigenvalue weighted by Gasteiger charge is 2.24. The Labute approximate surface area is 148 Å². The number of thiophene rings is 1. The highest BCUT2D eigenvalue weighted by atomic mass is 32.1. The van der Waals surface area contributed by atoms with Crippen LogP contribution in [-0.2, 0) is 4.74 Å². The van der Waals surface area contributed by atoms with Crippen LogP contribution in [0.15, 0.2) is 46.3 Å². The fraction of sp³-hybridized carbons (Fsp3) is 0.167. The molecule has 7 heteroatoms. The number of carbonyl (C=O) groups is 2. The second kappa shape index (κ2) is 7.31. The van der Waals surface area contributed by atoms with Gasteiger partial charge in [0.15, 0.2) is 0 Å². The number of nitrogens with one attached hydrogen (secondary N) is 1. The Morgan fingerprint density at radius 2 is 2.04 bits per heavy atom. The molecular formula is C18H16N2O4S. The Kier molecular flexibility index (Phi) is 4.95. The Morgan fingerprint density at radius 1 is 1.28 bits per heavy atom. The van der Waals surface area contributed by atoms with Crippen molar-refractivity contribution in [2.75, 3.05) is 11.9 Å². The zero-order valence-electron chi connectivity index (χ0n) is 13.7. The van der Waals surface area contributed by atoms with E-state index in [-0.39, 0.29) is 12.4 Å². The van der Waals surface area contributed by atoms with Gasteiger partial charge in [-0.1, -0.05) is 35.5 Å². The number of carbonyl (C=O) groups excluding carboxylic acids is 2. The fourth-order valence-corrected chi connectivity index (χ4v) is 3.27. The first-order chi connectivity index (χ1) is 12.1. The van der Waals surface area contributed by atoms with Gasteiger partial charge in [-0.15, -0.1) is 11.3 Å². The number of benzene rings is 1. The standard InChI is InChI=1S/C18H16N2O4S/c1-3-23-18(22)15-13(12-7-5-4-6-8-12)10-25-17(15)19-16(21)14-9-11(2)20-24-14/h4-10H,3H2,1-2H3,(H,19,21). The van der Waals surface area contributed by atoms with E-state index in [0.29, 0.717) is 21.8 Å². The number of hydrogen-bond acceptors (Lipinski definition) is 6. The van der Waals surface area contributed by atoms with E-state index in [2.05, 4.69) is 10.5 Å². The van der Waals surface area contributed by atoms with Crippen LogP contribution in [0.1, 0.15) is 33.5 Å². The molecule has 6 nitrogen and oxygen atoms in total. The SMILES string of the molecule is CCOC(=O)c1c(-c2ccccc2)csc1NC(=O)c1cc(C)no1. The molecular weight excluding hydrogens is 340 g/mol. The molecule has 0 aliphatic carbocycles. The Balaban J connectivity index is 1.97. The average molecular weight is 356 g/mol. The Hall–Kier alpha value is -2.93. The van der Waals surface area contributed by atoms with Crippen LogP contribution in [0.3, 0.4) is 0 Å². The number of aryl methyl sites for hydroxylation is 1. The summed E-state index contributed by atoms with van der Waals surface area (Å²) in [6.07, 6.45) is 0. The monoisotopic (exact) mass is 356 g/mol. The molecule has 2 heterocycles. The maximum atomic E-state index is 12.4. The lowest BCUT2D eigenvalue weighted by atomic mass is 10.0. The number of hydrogen-bond donors (Lipinski definition) is 1. The summed E-state index contributed by atoms with van der Waals surface area (Å²) in [5.41, 5.74) is 2.53. The van der Waals surface area contributed by atoms with Gasteiger partial charge in [-0.3, -0.25) is 4.79 Å². The smallest absolute Gasteiger partial charge is 0.341 e. The van der Waals surface area contributed by atoms with Crippen molar-refractivity contribution in [3.8, 4) is 11.1 Å². The zero-order chi connectivity index (χ0) is 17.8. The minimum atomic E-state index is -0.480. The number of amides is 1. The van der Waals surface area contributed by atoms with E-state index in [1.165, 1.54) is 17.4 Å². The van der Waals surface area contributed by atoms with Crippen molar-refractivity contribution < 1.29 is 18.8 Å². The van der Waals surface area contributed by atoms with Gasteiger partial charge in [0.05, 0.1) is 12.3 Å². The third-order valence-electron chi connectivity index (χ3n) is 3.43. The number of ether oxygens (including phenoxy) is 1. The van der Waals surface area contributed by atoms with Crippen molar-refractivity contribution in [2.45, 2.75) is 13.8 Å². The molecule has 3 aromatic rings. The lowest BCUT2D eigenvalue weighted by Gasteiger charge is -2.08. The maximum Gasteiger partial charge on any atom is 0.341 e. The molecule has 1 N–H and O–H groups in total. The number of rotatable bonds is 5. The van der Waals surface area contributed by atoms with Crippen molar-refractivity contribution >= 4 is 28.2 Å². The summed E-state index contributed by atoms with van der Waals surface area (Å²) < 4.78 is 10.1. The maximum absolute atomic E-state index is 12.4. The van der Waals surface area contributed by atoms with Crippen molar-refractivity contribution in [1.29, 1.82) is 0 Å². The van der Waals surface area contributed by atoms with Gasteiger partial charge in [0, 0.05) is 17.0 Å². The molecule has 0 unspecified atom stereocenters. The van der Waals surface area contributed by atoms with Gasteiger partial charge in [-0.25, -0.2) is 4.79 Å². The molecule has 0 fully saturated rings. The summed E-state index contributed by atoms with van der Waals surface area (Å²) in [7, 11) is 0. The highest BCUT2D eigenvalue weighted by molar-refractivity contribution is 7.15. The van der Waals surface area contributed by atoms with E-state index in [9.17, 15) is 9.59 Å². The predicted molar refractivity (Wildman–Crippen MR) is 94.9 cm³/mol. The van der Waals surface area contributed by atoms with E-state index >= 15 is 0 Å². The minimum Gasteiger partial charge on any atom is -0.462 e. The number of aromatic nitrogens is 1. The Morgan fingerprint density at radius 3 is 2.68 bits per heavy atom. The van der Waals surface area contributed by atoms with Crippen molar-refractivity contribution in [1.82, 2.24) is 5.16 Å². The number of nitrogens with zero attached hydrogens (tertiary/aromatic N) is 1. The first-order valence-corrected chi connectivity index (χ1v) is 8.56. The van der Waals surface area contributed by atoms with Crippen LogP contribution in [0.5, 0.6) is 0 Å². The van der Waals surface area contributed by atoms with E-state index in [1.54, 1.807) is 13.8 Å². The van der Waals surface area contributed by atoms with Crippen LogP contribution >= 0.6 is 11.3 Å². The Bertz CT molecular complexity index is 899. The van der Waals surface area contributed by atoms with Gasteiger partial charge < -0.3 is 14.6 Å². The molecule has 0 radical (unpaired) electrons. The van der Waals surface area contributed by atoms with Gasteiger partial charge in [0.25, 0.3) is 5.91 Å². The first kappa shape index (κ1) is 16.9. The number of esters is 1. The summed E-state index contributed by atoms with van der Waals surface area (Å²) in [4.78, 5) is 24.8. The third-order valence-corrected chi connectivity index (χ3v) is 4.33. The van der Waals surface area contributed by atoms with E-state index < -0.39 is 11.9 Å². The highest BCUT2D eigenvalue weighted by Crippen LogP contribution is 2.36. The topological polar surface area (TPSA) is 81.4 Å². The van der Waals surface area contributed by atoms with Gasteiger partial charge in [0.1, 0.15) is 10.6 Å². The summed E-state index contributed by atoms with van der Waals surface area (Å²) in [5, 5.41) is 8.65. The normalized spacial score (nSPS) is 10.5. The van der Waals surface area contributed by atoms with Gasteiger partial charge in [-0.05, 0) is 19.4 Å². The zero-order valence-corrected chi connectivity index (χ0v) is 14.6. The van der Waals surface area contributed by atoms with Crippen molar-refractivity contribution in [3.63, 3.8) is 0 Å². The lowest BCUT2D eigenvalue weighted by molar-refractivity contribution is 0.0529. The molecule has 0 bridgehead atoms. The summed E-state index contributed by atoms with van der Waals surface area (Å²) in [5.74, 6) is -0.860. The second-order valence-electron chi connectivity index (χ2n) is 5.23. The molecule has 0 saturated carbocycles. The molecule has 128 valence electrons. The molecule has 0 saturated heterocycles. The van der Waals surface area contributed by atoms with Crippen LogP contribution in [-0.4, -0.2) is 23.6 Å².